The highest BCUT2D eigenvalue weighted by Gasteiger charge is 2.32. The third kappa shape index (κ3) is 4.34. The molecule has 3 aromatic heterocycles. The van der Waals surface area contributed by atoms with E-state index in [1.165, 1.54) is 33.6 Å². The highest BCUT2D eigenvalue weighted by molar-refractivity contribution is 5.88. The van der Waals surface area contributed by atoms with Crippen molar-refractivity contribution in [1.29, 1.82) is 0 Å². The minimum atomic E-state index is -4.81. The van der Waals surface area contributed by atoms with Crippen LogP contribution in [0, 0.1) is 0 Å². The summed E-state index contributed by atoms with van der Waals surface area (Å²) in [5.41, 5.74) is 1.10. The van der Waals surface area contributed by atoms with Gasteiger partial charge in [0.15, 0.2) is 5.65 Å². The number of pyridine rings is 1. The molecule has 148 valence electrons. The number of fused-ring (bicyclic) bond motifs is 1. The van der Waals surface area contributed by atoms with Gasteiger partial charge in [-0.25, -0.2) is 4.52 Å². The maximum atomic E-state index is 12.7. The van der Waals surface area contributed by atoms with Crippen molar-refractivity contribution in [3.8, 4) is 16.9 Å². The third-order valence-electron chi connectivity index (χ3n) is 3.87. The maximum Gasteiger partial charge on any atom is 0.573 e. The molecule has 0 saturated heterocycles. The molecule has 4 rings (SSSR count). The molecule has 0 saturated carbocycles. The standard InChI is InChI=1S/C18H13F3N6O2/c19-18(20,21)29-14-5-2-1-4-13(14)12-6-7-15-23-17(25-27(15)10-12)24-16(28)11-26-9-3-8-22-26/h1-10H,11H2,(H,24,25,28). The SMILES string of the molecule is O=C(Cn1cccn1)Nc1nc2ccc(-c3ccccc3OC(F)(F)F)cn2n1. The van der Waals surface area contributed by atoms with Gasteiger partial charge in [0.05, 0.1) is 0 Å². The predicted molar refractivity (Wildman–Crippen MR) is 96.0 cm³/mol. The van der Waals surface area contributed by atoms with Crippen molar-refractivity contribution in [3.63, 3.8) is 0 Å². The van der Waals surface area contributed by atoms with Gasteiger partial charge in [0, 0.05) is 29.7 Å². The van der Waals surface area contributed by atoms with Gasteiger partial charge in [-0.2, -0.15) is 10.1 Å². The van der Waals surface area contributed by atoms with Crippen LogP contribution in [0.4, 0.5) is 19.1 Å². The van der Waals surface area contributed by atoms with Crippen LogP contribution in [0.2, 0.25) is 0 Å². The molecule has 0 unspecified atom stereocenters. The summed E-state index contributed by atoms with van der Waals surface area (Å²) in [4.78, 5) is 16.2. The molecular weight excluding hydrogens is 389 g/mol. The van der Waals surface area contributed by atoms with E-state index >= 15 is 0 Å². The van der Waals surface area contributed by atoms with E-state index in [-0.39, 0.29) is 29.7 Å². The van der Waals surface area contributed by atoms with E-state index in [1.807, 2.05) is 0 Å². The summed E-state index contributed by atoms with van der Waals surface area (Å²) in [6.07, 6.45) is -0.106. The fourth-order valence-electron chi connectivity index (χ4n) is 2.72. The molecular formula is C18H13F3N6O2. The molecule has 0 aliphatic rings. The van der Waals surface area contributed by atoms with Crippen LogP contribution in [0.15, 0.2) is 61.1 Å². The minimum Gasteiger partial charge on any atom is -0.405 e. The summed E-state index contributed by atoms with van der Waals surface area (Å²) < 4.78 is 44.9. The summed E-state index contributed by atoms with van der Waals surface area (Å²) in [6.45, 7) is -0.00401. The average Bonchev–Trinajstić information content (AvgIpc) is 3.29. The number of benzene rings is 1. The number of alkyl halides is 3. The first-order valence-electron chi connectivity index (χ1n) is 8.36. The Morgan fingerprint density at radius 2 is 1.97 bits per heavy atom. The lowest BCUT2D eigenvalue weighted by atomic mass is 10.1. The van der Waals surface area contributed by atoms with Crippen LogP contribution in [-0.4, -0.2) is 36.6 Å². The van der Waals surface area contributed by atoms with Gasteiger partial charge in [0.25, 0.3) is 0 Å². The Labute approximate surface area is 161 Å². The van der Waals surface area contributed by atoms with E-state index in [0.29, 0.717) is 11.2 Å². The second kappa shape index (κ2) is 7.26. The van der Waals surface area contributed by atoms with Crippen molar-refractivity contribution < 1.29 is 22.7 Å². The summed E-state index contributed by atoms with van der Waals surface area (Å²) in [5.74, 6) is -0.625. The van der Waals surface area contributed by atoms with Crippen molar-refractivity contribution in [1.82, 2.24) is 24.4 Å². The Bertz CT molecular complexity index is 1150. The number of anilines is 1. The fraction of sp³-hybridized carbons (Fsp3) is 0.111. The van der Waals surface area contributed by atoms with Crippen molar-refractivity contribution in [2.24, 2.45) is 0 Å². The Morgan fingerprint density at radius 3 is 2.72 bits per heavy atom. The first-order valence-corrected chi connectivity index (χ1v) is 8.36. The predicted octanol–water partition coefficient (Wildman–Crippen LogP) is 3.13. The molecule has 8 nitrogen and oxygen atoms in total. The van der Waals surface area contributed by atoms with Crippen molar-refractivity contribution >= 4 is 17.5 Å². The number of nitrogens with zero attached hydrogens (tertiary/aromatic N) is 5. The number of hydrogen-bond acceptors (Lipinski definition) is 5. The summed E-state index contributed by atoms with van der Waals surface area (Å²) >= 11 is 0. The van der Waals surface area contributed by atoms with Crippen molar-refractivity contribution in [2.75, 3.05) is 5.32 Å². The number of halogens is 3. The van der Waals surface area contributed by atoms with Gasteiger partial charge in [0.2, 0.25) is 11.9 Å². The number of carbonyl (C=O) groups is 1. The molecule has 0 aliphatic carbocycles. The molecule has 29 heavy (non-hydrogen) atoms. The molecule has 11 heteroatoms. The van der Waals surface area contributed by atoms with Gasteiger partial charge in [-0.3, -0.25) is 14.8 Å². The number of ether oxygens (including phenoxy) is 1. The molecule has 0 fully saturated rings. The van der Waals surface area contributed by atoms with Crippen LogP contribution in [0.25, 0.3) is 16.8 Å². The van der Waals surface area contributed by atoms with Gasteiger partial charge >= 0.3 is 6.36 Å². The van der Waals surface area contributed by atoms with E-state index in [9.17, 15) is 18.0 Å². The number of amides is 1. The molecule has 4 aromatic rings. The first-order chi connectivity index (χ1) is 13.9. The molecule has 3 heterocycles. The fourth-order valence-corrected chi connectivity index (χ4v) is 2.72. The molecule has 0 atom stereocenters. The second-order valence-electron chi connectivity index (χ2n) is 5.95. The number of carbonyl (C=O) groups excluding carboxylic acids is 1. The quantitative estimate of drug-likeness (QED) is 0.554. The monoisotopic (exact) mass is 402 g/mol. The van der Waals surface area contributed by atoms with Crippen LogP contribution in [0.5, 0.6) is 5.75 Å². The van der Waals surface area contributed by atoms with E-state index in [1.54, 1.807) is 36.7 Å². The normalized spacial score (nSPS) is 11.6. The van der Waals surface area contributed by atoms with Gasteiger partial charge < -0.3 is 4.74 Å². The zero-order valence-electron chi connectivity index (χ0n) is 14.7. The average molecular weight is 402 g/mol. The molecule has 1 N–H and O–H groups in total. The smallest absolute Gasteiger partial charge is 0.405 e. The Balaban J connectivity index is 1.58. The van der Waals surface area contributed by atoms with Crippen LogP contribution < -0.4 is 10.1 Å². The minimum absolute atomic E-state index is 0.00401. The van der Waals surface area contributed by atoms with Crippen molar-refractivity contribution in [3.05, 3.63) is 61.1 Å². The van der Waals surface area contributed by atoms with E-state index in [0.717, 1.165) is 0 Å². The zero-order chi connectivity index (χ0) is 20.4. The molecule has 1 amide bonds. The maximum absolute atomic E-state index is 12.7. The largest absolute Gasteiger partial charge is 0.573 e. The van der Waals surface area contributed by atoms with Crippen LogP contribution in [-0.2, 0) is 11.3 Å². The second-order valence-corrected chi connectivity index (χ2v) is 5.95. The lowest BCUT2D eigenvalue weighted by molar-refractivity contribution is -0.274. The zero-order valence-corrected chi connectivity index (χ0v) is 14.7. The Kier molecular flexibility index (Phi) is 4.63. The van der Waals surface area contributed by atoms with E-state index in [2.05, 4.69) is 25.2 Å². The lowest BCUT2D eigenvalue weighted by Crippen LogP contribution is -2.19. The van der Waals surface area contributed by atoms with Gasteiger partial charge in [-0.1, -0.05) is 18.2 Å². The number of nitrogens with one attached hydrogen (secondary N) is 1. The van der Waals surface area contributed by atoms with Crippen LogP contribution >= 0.6 is 0 Å². The van der Waals surface area contributed by atoms with Crippen LogP contribution in [0.3, 0.4) is 0 Å². The molecule has 0 bridgehead atoms. The summed E-state index contributed by atoms with van der Waals surface area (Å²) in [6, 6.07) is 10.7. The molecule has 1 aromatic carbocycles. The topological polar surface area (TPSA) is 86.3 Å². The molecule has 0 spiro atoms. The lowest BCUT2D eigenvalue weighted by Gasteiger charge is -2.13. The number of rotatable bonds is 5. The molecule has 0 aliphatic heterocycles. The van der Waals surface area contributed by atoms with E-state index < -0.39 is 6.36 Å². The van der Waals surface area contributed by atoms with Gasteiger partial charge in [-0.15, -0.1) is 18.3 Å². The number of hydrogen-bond donors (Lipinski definition) is 1. The van der Waals surface area contributed by atoms with E-state index in [4.69, 9.17) is 0 Å². The Hall–Kier alpha value is -3.89. The van der Waals surface area contributed by atoms with Crippen molar-refractivity contribution in [2.45, 2.75) is 12.9 Å². The number of aromatic nitrogens is 5. The summed E-state index contributed by atoms with van der Waals surface area (Å²) in [5, 5.41) is 10.6. The highest BCUT2D eigenvalue weighted by atomic mass is 19.4. The number of para-hydroxylation sites is 1. The highest BCUT2D eigenvalue weighted by Crippen LogP contribution is 2.33. The van der Waals surface area contributed by atoms with Gasteiger partial charge in [-0.05, 0) is 24.3 Å². The third-order valence-corrected chi connectivity index (χ3v) is 3.87. The summed E-state index contributed by atoms with van der Waals surface area (Å²) in [7, 11) is 0. The first kappa shape index (κ1) is 18.5. The molecule has 0 radical (unpaired) electrons. The Morgan fingerprint density at radius 1 is 1.14 bits per heavy atom. The van der Waals surface area contributed by atoms with Crippen LogP contribution in [0.1, 0.15) is 0 Å². The van der Waals surface area contributed by atoms with Gasteiger partial charge in [0.1, 0.15) is 12.3 Å².